The predicted molar refractivity (Wildman–Crippen MR) is 109 cm³/mol. The molecule has 0 atom stereocenters. The largest absolute Gasteiger partial charge is 0.349 e. The summed E-state index contributed by atoms with van der Waals surface area (Å²) in [4.78, 5) is 24.7. The van der Waals surface area contributed by atoms with Gasteiger partial charge in [0, 0.05) is 13.1 Å². The van der Waals surface area contributed by atoms with Crippen LogP contribution in [0.1, 0.15) is 15.9 Å². The topological polar surface area (TPSA) is 95.6 Å². The van der Waals surface area contributed by atoms with Gasteiger partial charge >= 0.3 is 0 Å². The molecule has 2 N–H and O–H groups in total. The van der Waals surface area contributed by atoms with Gasteiger partial charge in [0.1, 0.15) is 0 Å². The highest BCUT2D eigenvalue weighted by Gasteiger charge is 2.21. The summed E-state index contributed by atoms with van der Waals surface area (Å²) in [5, 5.41) is 5.27. The van der Waals surface area contributed by atoms with Crippen molar-refractivity contribution in [3.8, 4) is 0 Å². The Morgan fingerprint density at radius 3 is 2.36 bits per heavy atom. The fourth-order valence-corrected chi connectivity index (χ4v) is 3.21. The van der Waals surface area contributed by atoms with Gasteiger partial charge in [-0.1, -0.05) is 48.5 Å². The lowest BCUT2D eigenvalue weighted by Crippen LogP contribution is -2.37. The predicted octanol–water partition coefficient (Wildman–Crippen LogP) is 2.00. The fourth-order valence-electron chi connectivity index (χ4n) is 2.48. The smallest absolute Gasteiger partial charge is 0.253 e. The highest BCUT2D eigenvalue weighted by molar-refractivity contribution is 7.88. The van der Waals surface area contributed by atoms with Gasteiger partial charge in [0.05, 0.1) is 24.1 Å². The fraction of sp³-hybridized carbons (Fsp3) is 0.200. The molecule has 0 aliphatic carbocycles. The second-order valence-electron chi connectivity index (χ2n) is 6.11. The lowest BCUT2D eigenvalue weighted by Gasteiger charge is -2.20. The SMILES string of the molecule is C=CCNC(=O)c1ccccc1NC(=O)CN(Cc1ccccc1)S(C)(=O)=O. The number of nitrogens with zero attached hydrogens (tertiary/aromatic N) is 1. The van der Waals surface area contributed by atoms with E-state index in [2.05, 4.69) is 17.2 Å². The summed E-state index contributed by atoms with van der Waals surface area (Å²) in [5.41, 5.74) is 1.36. The summed E-state index contributed by atoms with van der Waals surface area (Å²) in [6, 6.07) is 15.5. The van der Waals surface area contributed by atoms with Gasteiger partial charge in [0.15, 0.2) is 0 Å². The van der Waals surface area contributed by atoms with Crippen molar-refractivity contribution >= 4 is 27.5 Å². The summed E-state index contributed by atoms with van der Waals surface area (Å²) in [7, 11) is -3.61. The number of amides is 2. The molecule has 0 heterocycles. The molecular formula is C20H23N3O4S. The van der Waals surface area contributed by atoms with Crippen LogP contribution < -0.4 is 10.6 Å². The van der Waals surface area contributed by atoms with Crippen LogP contribution in [0.5, 0.6) is 0 Å². The second-order valence-corrected chi connectivity index (χ2v) is 8.09. The number of carbonyl (C=O) groups excluding carboxylic acids is 2. The molecule has 0 radical (unpaired) electrons. The molecule has 0 aliphatic heterocycles. The lowest BCUT2D eigenvalue weighted by molar-refractivity contribution is -0.116. The first-order valence-electron chi connectivity index (χ1n) is 8.58. The molecule has 7 nitrogen and oxygen atoms in total. The Kier molecular flexibility index (Phi) is 7.48. The minimum atomic E-state index is -3.61. The lowest BCUT2D eigenvalue weighted by atomic mass is 10.1. The number of hydrogen-bond acceptors (Lipinski definition) is 4. The Labute approximate surface area is 165 Å². The van der Waals surface area contributed by atoms with Crippen LogP contribution in [0.4, 0.5) is 5.69 Å². The minimum absolute atomic E-state index is 0.0779. The van der Waals surface area contributed by atoms with Crippen LogP contribution in [0.15, 0.2) is 67.3 Å². The van der Waals surface area contributed by atoms with Crippen molar-refractivity contribution in [1.82, 2.24) is 9.62 Å². The molecule has 8 heteroatoms. The zero-order chi connectivity index (χ0) is 20.6. The molecular weight excluding hydrogens is 378 g/mol. The second kappa shape index (κ2) is 9.82. The van der Waals surface area contributed by atoms with Gasteiger partial charge in [-0.2, -0.15) is 4.31 Å². The van der Waals surface area contributed by atoms with Gasteiger partial charge < -0.3 is 10.6 Å². The van der Waals surface area contributed by atoms with E-state index in [4.69, 9.17) is 0 Å². The normalized spacial score (nSPS) is 11.1. The van der Waals surface area contributed by atoms with Gasteiger partial charge in [-0.3, -0.25) is 9.59 Å². The van der Waals surface area contributed by atoms with Crippen molar-refractivity contribution in [2.24, 2.45) is 0 Å². The molecule has 0 bridgehead atoms. The van der Waals surface area contributed by atoms with E-state index in [1.54, 1.807) is 54.6 Å². The summed E-state index contributed by atoms with van der Waals surface area (Å²) in [5.74, 6) is -0.898. The van der Waals surface area contributed by atoms with E-state index in [-0.39, 0.29) is 24.6 Å². The van der Waals surface area contributed by atoms with E-state index in [0.29, 0.717) is 12.2 Å². The van der Waals surface area contributed by atoms with Crippen molar-refractivity contribution in [3.05, 3.63) is 78.4 Å². The van der Waals surface area contributed by atoms with Crippen LogP contribution in [-0.2, 0) is 21.4 Å². The van der Waals surface area contributed by atoms with Crippen LogP contribution >= 0.6 is 0 Å². The van der Waals surface area contributed by atoms with E-state index < -0.39 is 15.9 Å². The quantitative estimate of drug-likeness (QED) is 0.628. The van der Waals surface area contributed by atoms with E-state index >= 15 is 0 Å². The molecule has 0 fully saturated rings. The number of anilines is 1. The third kappa shape index (κ3) is 6.33. The maximum Gasteiger partial charge on any atom is 0.253 e. The number of nitrogens with one attached hydrogen (secondary N) is 2. The summed E-state index contributed by atoms with van der Waals surface area (Å²) >= 11 is 0. The Bertz CT molecular complexity index is 943. The molecule has 2 rings (SSSR count). The maximum absolute atomic E-state index is 12.5. The summed E-state index contributed by atoms with van der Waals surface area (Å²) < 4.78 is 25.3. The zero-order valence-electron chi connectivity index (χ0n) is 15.6. The van der Waals surface area contributed by atoms with Gasteiger partial charge in [-0.05, 0) is 17.7 Å². The van der Waals surface area contributed by atoms with Crippen LogP contribution in [0.2, 0.25) is 0 Å². The van der Waals surface area contributed by atoms with Crippen molar-refractivity contribution in [3.63, 3.8) is 0 Å². The van der Waals surface area contributed by atoms with Gasteiger partial charge in [-0.25, -0.2) is 8.42 Å². The Morgan fingerprint density at radius 1 is 1.07 bits per heavy atom. The standard InChI is InChI=1S/C20H23N3O4S/c1-3-13-21-20(25)17-11-7-8-12-18(17)22-19(24)15-23(28(2,26)27)14-16-9-5-4-6-10-16/h3-12H,1,13-15H2,2H3,(H,21,25)(H,22,24). The first-order chi connectivity index (χ1) is 13.3. The third-order valence-corrected chi connectivity index (χ3v) is 5.04. The van der Waals surface area contributed by atoms with Crippen molar-refractivity contribution in [2.45, 2.75) is 6.54 Å². The van der Waals surface area contributed by atoms with Crippen molar-refractivity contribution in [1.29, 1.82) is 0 Å². The summed E-state index contributed by atoms with van der Waals surface area (Å²) in [6.07, 6.45) is 2.60. The summed E-state index contributed by atoms with van der Waals surface area (Å²) in [6.45, 7) is 3.55. The number of rotatable bonds is 9. The Hall–Kier alpha value is -2.97. The molecule has 2 amide bonds. The monoisotopic (exact) mass is 401 g/mol. The third-order valence-electron chi connectivity index (χ3n) is 3.84. The minimum Gasteiger partial charge on any atom is -0.349 e. The average Bonchev–Trinajstić information content (AvgIpc) is 2.66. The van der Waals surface area contributed by atoms with Crippen molar-refractivity contribution in [2.75, 3.05) is 24.7 Å². The van der Waals surface area contributed by atoms with Crippen LogP contribution in [0.25, 0.3) is 0 Å². The van der Waals surface area contributed by atoms with E-state index in [0.717, 1.165) is 16.1 Å². The van der Waals surface area contributed by atoms with Crippen LogP contribution in [0.3, 0.4) is 0 Å². The average molecular weight is 401 g/mol. The zero-order valence-corrected chi connectivity index (χ0v) is 16.4. The molecule has 0 aromatic heterocycles. The molecule has 0 unspecified atom stereocenters. The highest BCUT2D eigenvalue weighted by Crippen LogP contribution is 2.16. The van der Waals surface area contributed by atoms with Gasteiger partial charge in [0.25, 0.3) is 5.91 Å². The molecule has 0 aliphatic rings. The molecule has 148 valence electrons. The number of hydrogen-bond donors (Lipinski definition) is 2. The molecule has 28 heavy (non-hydrogen) atoms. The van der Waals surface area contributed by atoms with Crippen molar-refractivity contribution < 1.29 is 18.0 Å². The van der Waals surface area contributed by atoms with E-state index in [9.17, 15) is 18.0 Å². The number of carbonyl (C=O) groups is 2. The number of benzene rings is 2. The molecule has 2 aromatic carbocycles. The Morgan fingerprint density at radius 2 is 1.71 bits per heavy atom. The van der Waals surface area contributed by atoms with Crippen LogP contribution in [-0.4, -0.2) is 43.9 Å². The van der Waals surface area contributed by atoms with E-state index in [1.165, 1.54) is 0 Å². The Balaban J connectivity index is 2.13. The maximum atomic E-state index is 12.5. The first kappa shape index (κ1) is 21.3. The van der Waals surface area contributed by atoms with Gasteiger partial charge in [0.2, 0.25) is 15.9 Å². The molecule has 2 aromatic rings. The van der Waals surface area contributed by atoms with E-state index in [1.807, 2.05) is 6.07 Å². The molecule has 0 spiro atoms. The highest BCUT2D eigenvalue weighted by atomic mass is 32.2. The number of para-hydroxylation sites is 1. The molecule has 0 saturated carbocycles. The van der Waals surface area contributed by atoms with Gasteiger partial charge in [-0.15, -0.1) is 6.58 Å². The van der Waals surface area contributed by atoms with Crippen LogP contribution in [0, 0.1) is 0 Å². The molecule has 0 saturated heterocycles. The first-order valence-corrected chi connectivity index (χ1v) is 10.4. The number of sulfonamides is 1.